The lowest BCUT2D eigenvalue weighted by Gasteiger charge is -2.26. The van der Waals surface area contributed by atoms with Crippen molar-refractivity contribution in [1.82, 2.24) is 15.2 Å². The fraction of sp³-hybridized carbons (Fsp3) is 0.611. The lowest BCUT2D eigenvalue weighted by molar-refractivity contribution is -0.124. The molecular weight excluding hydrogens is 342 g/mol. The Bertz CT molecular complexity index is 646. The molecule has 7 heteroatoms. The normalized spacial score (nSPS) is 22.2. The van der Waals surface area contributed by atoms with Crippen LogP contribution in [0.1, 0.15) is 55.8 Å². The van der Waals surface area contributed by atoms with Crippen LogP contribution in [-0.2, 0) is 4.79 Å². The Hall–Kier alpha value is -1.82. The van der Waals surface area contributed by atoms with Crippen LogP contribution in [0.2, 0.25) is 5.02 Å². The molecule has 25 heavy (non-hydrogen) atoms. The number of nitrogens with zero attached hydrogens (tertiary/aromatic N) is 2. The Balaban J connectivity index is 1.72. The molecule has 2 heterocycles. The topological polar surface area (TPSA) is 71.5 Å². The molecule has 0 aromatic carbocycles. The molecule has 1 aromatic rings. The van der Waals surface area contributed by atoms with Crippen molar-refractivity contribution in [3.63, 3.8) is 0 Å². The first-order valence-corrected chi connectivity index (χ1v) is 9.35. The first-order chi connectivity index (χ1) is 12.1. The highest BCUT2D eigenvalue weighted by Gasteiger charge is 2.29. The number of hydrogen-bond donors (Lipinski definition) is 1. The number of halogens is 1. The lowest BCUT2D eigenvalue weighted by Crippen LogP contribution is -2.45. The number of nitrogens with one attached hydrogen (secondary N) is 1. The minimum absolute atomic E-state index is 0.137. The summed E-state index contributed by atoms with van der Waals surface area (Å²) in [6, 6.07) is 1.08. The molecular formula is C18H24ClN3O3. The van der Waals surface area contributed by atoms with E-state index in [2.05, 4.69) is 10.3 Å². The molecule has 2 amide bonds. The van der Waals surface area contributed by atoms with E-state index in [0.29, 0.717) is 29.6 Å². The summed E-state index contributed by atoms with van der Waals surface area (Å²) in [6.07, 6.45) is 7.96. The standard InChI is InChI=1S/C18H24ClN3O3/c1-12-16(23)20-8-5-9-22(12)18(24)13-10-15(19)17(21-11-13)25-14-6-3-2-4-7-14/h10-12,14H,2-9H2,1H3,(H,20,23). The first-order valence-electron chi connectivity index (χ1n) is 8.97. The smallest absolute Gasteiger partial charge is 0.256 e. The van der Waals surface area contributed by atoms with E-state index in [1.54, 1.807) is 17.9 Å². The van der Waals surface area contributed by atoms with Gasteiger partial charge in [0, 0.05) is 19.3 Å². The third kappa shape index (κ3) is 4.24. The summed E-state index contributed by atoms with van der Waals surface area (Å²) in [5.41, 5.74) is 0.377. The molecule has 1 aliphatic carbocycles. The Morgan fingerprint density at radius 3 is 2.80 bits per heavy atom. The van der Waals surface area contributed by atoms with Crippen LogP contribution in [0.15, 0.2) is 12.3 Å². The summed E-state index contributed by atoms with van der Waals surface area (Å²) in [6.45, 7) is 2.84. The molecule has 1 atom stereocenters. The summed E-state index contributed by atoms with van der Waals surface area (Å²) in [5.74, 6) is 0.0112. The van der Waals surface area contributed by atoms with Crippen molar-refractivity contribution < 1.29 is 14.3 Å². The highest BCUT2D eigenvalue weighted by Crippen LogP contribution is 2.28. The largest absolute Gasteiger partial charge is 0.473 e. The van der Waals surface area contributed by atoms with Gasteiger partial charge in [0.1, 0.15) is 17.2 Å². The molecule has 0 spiro atoms. The fourth-order valence-corrected chi connectivity index (χ4v) is 3.57. The van der Waals surface area contributed by atoms with E-state index >= 15 is 0 Å². The van der Waals surface area contributed by atoms with Crippen LogP contribution in [0.25, 0.3) is 0 Å². The van der Waals surface area contributed by atoms with Crippen LogP contribution in [0, 0.1) is 0 Å². The van der Waals surface area contributed by atoms with Crippen LogP contribution < -0.4 is 10.1 Å². The number of pyridine rings is 1. The number of aromatic nitrogens is 1. The van der Waals surface area contributed by atoms with Gasteiger partial charge >= 0.3 is 0 Å². The van der Waals surface area contributed by atoms with E-state index < -0.39 is 6.04 Å². The van der Waals surface area contributed by atoms with Crippen LogP contribution in [0.4, 0.5) is 0 Å². The van der Waals surface area contributed by atoms with Gasteiger partial charge in [-0.3, -0.25) is 9.59 Å². The van der Waals surface area contributed by atoms with Gasteiger partial charge in [0.2, 0.25) is 11.8 Å². The van der Waals surface area contributed by atoms with E-state index in [4.69, 9.17) is 16.3 Å². The van der Waals surface area contributed by atoms with Gasteiger partial charge in [-0.2, -0.15) is 0 Å². The Kier molecular flexibility index (Phi) is 5.78. The van der Waals surface area contributed by atoms with Gasteiger partial charge in [-0.1, -0.05) is 18.0 Å². The highest BCUT2D eigenvalue weighted by molar-refractivity contribution is 6.32. The molecule has 1 unspecified atom stereocenters. The maximum absolute atomic E-state index is 12.8. The maximum Gasteiger partial charge on any atom is 0.256 e. The van der Waals surface area contributed by atoms with Gasteiger partial charge in [-0.25, -0.2) is 4.98 Å². The summed E-state index contributed by atoms with van der Waals surface area (Å²) in [4.78, 5) is 30.5. The predicted octanol–water partition coefficient (Wildman–Crippen LogP) is 2.80. The highest BCUT2D eigenvalue weighted by atomic mass is 35.5. The number of ether oxygens (including phenoxy) is 1. The third-order valence-electron chi connectivity index (χ3n) is 4.87. The van der Waals surface area contributed by atoms with Crippen LogP contribution in [0.3, 0.4) is 0 Å². The van der Waals surface area contributed by atoms with Crippen molar-refractivity contribution in [2.24, 2.45) is 0 Å². The van der Waals surface area contributed by atoms with Crippen molar-refractivity contribution in [1.29, 1.82) is 0 Å². The maximum atomic E-state index is 12.8. The second-order valence-corrected chi connectivity index (χ2v) is 7.12. The fourth-order valence-electron chi connectivity index (χ4n) is 3.36. The SMILES string of the molecule is CC1C(=O)NCCCN1C(=O)c1cnc(OC2CCCCC2)c(Cl)c1. The zero-order valence-electron chi connectivity index (χ0n) is 14.5. The third-order valence-corrected chi connectivity index (χ3v) is 5.14. The number of amides is 2. The predicted molar refractivity (Wildman–Crippen MR) is 94.9 cm³/mol. The summed E-state index contributed by atoms with van der Waals surface area (Å²) >= 11 is 6.29. The minimum Gasteiger partial charge on any atom is -0.473 e. The quantitative estimate of drug-likeness (QED) is 0.894. The van der Waals surface area contributed by atoms with Gasteiger partial charge in [-0.05, 0) is 45.1 Å². The van der Waals surface area contributed by atoms with Crippen molar-refractivity contribution in [2.45, 2.75) is 57.6 Å². The van der Waals surface area contributed by atoms with Crippen LogP contribution in [-0.4, -0.2) is 46.9 Å². The summed E-state index contributed by atoms with van der Waals surface area (Å²) < 4.78 is 5.89. The monoisotopic (exact) mass is 365 g/mol. The van der Waals surface area contributed by atoms with E-state index in [-0.39, 0.29) is 17.9 Å². The number of carbonyl (C=O) groups is 2. The van der Waals surface area contributed by atoms with Gasteiger partial charge in [0.25, 0.3) is 5.91 Å². The summed E-state index contributed by atoms with van der Waals surface area (Å²) in [5, 5.41) is 3.14. The molecule has 1 aliphatic heterocycles. The minimum atomic E-state index is -0.507. The molecule has 1 saturated heterocycles. The average Bonchev–Trinajstić information content (AvgIpc) is 2.79. The molecule has 2 fully saturated rings. The second-order valence-electron chi connectivity index (χ2n) is 6.71. The number of hydrogen-bond acceptors (Lipinski definition) is 4. The average molecular weight is 366 g/mol. The summed E-state index contributed by atoms with van der Waals surface area (Å²) in [7, 11) is 0. The number of carbonyl (C=O) groups excluding carboxylic acids is 2. The molecule has 6 nitrogen and oxygen atoms in total. The number of rotatable bonds is 3. The van der Waals surface area contributed by atoms with Crippen molar-refractivity contribution in [3.05, 3.63) is 22.8 Å². The zero-order valence-corrected chi connectivity index (χ0v) is 15.2. The van der Waals surface area contributed by atoms with Crippen LogP contribution in [0.5, 0.6) is 5.88 Å². The first kappa shape index (κ1) is 18.0. The lowest BCUT2D eigenvalue weighted by atomic mass is 9.98. The van der Waals surface area contributed by atoms with E-state index in [0.717, 1.165) is 32.1 Å². The molecule has 2 aliphatic rings. The van der Waals surface area contributed by atoms with Crippen molar-refractivity contribution in [3.8, 4) is 5.88 Å². The van der Waals surface area contributed by atoms with Crippen LogP contribution >= 0.6 is 11.6 Å². The molecule has 0 radical (unpaired) electrons. The van der Waals surface area contributed by atoms with Gasteiger partial charge < -0.3 is 15.0 Å². The van der Waals surface area contributed by atoms with Gasteiger partial charge in [0.15, 0.2) is 0 Å². The molecule has 1 N–H and O–H groups in total. The van der Waals surface area contributed by atoms with E-state index in [9.17, 15) is 9.59 Å². The Morgan fingerprint density at radius 2 is 2.08 bits per heavy atom. The molecule has 1 saturated carbocycles. The van der Waals surface area contributed by atoms with Crippen molar-refractivity contribution in [2.75, 3.05) is 13.1 Å². The van der Waals surface area contributed by atoms with E-state index in [1.165, 1.54) is 12.6 Å². The Morgan fingerprint density at radius 1 is 1.32 bits per heavy atom. The van der Waals surface area contributed by atoms with E-state index in [1.807, 2.05) is 0 Å². The molecule has 1 aromatic heterocycles. The van der Waals surface area contributed by atoms with Crippen molar-refractivity contribution >= 4 is 23.4 Å². The Labute approximate surface area is 152 Å². The van der Waals surface area contributed by atoms with Gasteiger partial charge in [-0.15, -0.1) is 0 Å². The molecule has 0 bridgehead atoms. The second kappa shape index (κ2) is 8.04. The molecule has 3 rings (SSSR count). The van der Waals surface area contributed by atoms with Gasteiger partial charge in [0.05, 0.1) is 5.56 Å². The molecule has 136 valence electrons. The zero-order chi connectivity index (χ0) is 17.8.